The minimum atomic E-state index is 0.298. The minimum Gasteiger partial charge on any atom is -0.396 e. The van der Waals surface area contributed by atoms with E-state index < -0.39 is 0 Å². The van der Waals surface area contributed by atoms with Gasteiger partial charge in [0, 0.05) is 19.2 Å². The molecule has 0 aromatic heterocycles. The van der Waals surface area contributed by atoms with Crippen LogP contribution in [-0.4, -0.2) is 48.8 Å². The van der Waals surface area contributed by atoms with Gasteiger partial charge in [-0.1, -0.05) is 20.3 Å². The van der Waals surface area contributed by atoms with E-state index in [1.807, 2.05) is 0 Å². The number of nitrogens with zero attached hydrogens (tertiary/aromatic N) is 1. The molecule has 1 saturated heterocycles. The maximum Gasteiger partial charge on any atom is 0.0446 e. The summed E-state index contributed by atoms with van der Waals surface area (Å²) in [4.78, 5) is 2.60. The molecule has 0 aromatic rings. The third kappa shape index (κ3) is 6.17. The Morgan fingerprint density at radius 1 is 1.28 bits per heavy atom. The summed E-state index contributed by atoms with van der Waals surface area (Å²) in [5.41, 5.74) is 0. The first-order valence-corrected chi connectivity index (χ1v) is 7.86. The van der Waals surface area contributed by atoms with Gasteiger partial charge in [-0.3, -0.25) is 0 Å². The quantitative estimate of drug-likeness (QED) is 0.699. The molecule has 0 spiro atoms. The van der Waals surface area contributed by atoms with E-state index in [9.17, 15) is 0 Å². The summed E-state index contributed by atoms with van der Waals surface area (Å²) in [6.45, 7) is 9.47. The van der Waals surface area contributed by atoms with Gasteiger partial charge in [0.05, 0.1) is 0 Å². The fraction of sp³-hybridized carbons (Fsp3) is 1.00. The number of nitrogens with one attached hydrogen (secondary N) is 1. The number of rotatable bonds is 8. The molecule has 18 heavy (non-hydrogen) atoms. The Bertz CT molecular complexity index is 199. The van der Waals surface area contributed by atoms with Gasteiger partial charge >= 0.3 is 0 Å². The summed E-state index contributed by atoms with van der Waals surface area (Å²) in [5.74, 6) is 0.940. The summed E-state index contributed by atoms with van der Waals surface area (Å²) < 4.78 is 0. The van der Waals surface area contributed by atoms with Crippen molar-refractivity contribution in [2.24, 2.45) is 5.92 Å². The molecule has 1 fully saturated rings. The molecule has 1 rings (SSSR count). The van der Waals surface area contributed by atoms with Crippen molar-refractivity contribution < 1.29 is 5.11 Å². The van der Waals surface area contributed by atoms with Crippen molar-refractivity contribution >= 4 is 0 Å². The smallest absolute Gasteiger partial charge is 0.0446 e. The topological polar surface area (TPSA) is 35.5 Å². The first kappa shape index (κ1) is 15.9. The van der Waals surface area contributed by atoms with Crippen molar-refractivity contribution in [2.45, 2.75) is 58.4 Å². The van der Waals surface area contributed by atoms with Crippen LogP contribution in [0.1, 0.15) is 52.4 Å². The summed E-state index contributed by atoms with van der Waals surface area (Å²) >= 11 is 0. The van der Waals surface area contributed by atoms with Crippen LogP contribution >= 0.6 is 0 Å². The molecule has 0 aromatic carbocycles. The minimum absolute atomic E-state index is 0.298. The highest BCUT2D eigenvalue weighted by atomic mass is 16.3. The van der Waals surface area contributed by atoms with E-state index in [-0.39, 0.29) is 0 Å². The Hall–Kier alpha value is -0.120. The van der Waals surface area contributed by atoms with Crippen molar-refractivity contribution in [3.63, 3.8) is 0 Å². The predicted molar refractivity (Wildman–Crippen MR) is 77.9 cm³/mol. The normalized spacial score (nSPS) is 23.8. The fourth-order valence-corrected chi connectivity index (χ4v) is 2.89. The van der Waals surface area contributed by atoms with Crippen LogP contribution in [0.3, 0.4) is 0 Å². The van der Waals surface area contributed by atoms with Crippen LogP contribution in [0.2, 0.25) is 0 Å². The van der Waals surface area contributed by atoms with Crippen LogP contribution in [0.4, 0.5) is 0 Å². The van der Waals surface area contributed by atoms with Crippen molar-refractivity contribution in [1.29, 1.82) is 0 Å². The van der Waals surface area contributed by atoms with Crippen LogP contribution < -0.4 is 5.32 Å². The number of likely N-dealkylation sites (tertiary alicyclic amines) is 1. The first-order chi connectivity index (χ1) is 8.80. The van der Waals surface area contributed by atoms with E-state index in [0.29, 0.717) is 12.6 Å². The van der Waals surface area contributed by atoms with Crippen LogP contribution in [0.25, 0.3) is 0 Å². The van der Waals surface area contributed by atoms with E-state index >= 15 is 0 Å². The number of hydrogen-bond acceptors (Lipinski definition) is 3. The Morgan fingerprint density at radius 2 is 2.11 bits per heavy atom. The maximum absolute atomic E-state index is 9.14. The van der Waals surface area contributed by atoms with Gasteiger partial charge in [-0.25, -0.2) is 0 Å². The SMILES string of the molecule is CCCNC(CCO)CN1CCCC(CC)CC1. The highest BCUT2D eigenvalue weighted by Crippen LogP contribution is 2.20. The van der Waals surface area contributed by atoms with Crippen molar-refractivity contribution in [3.05, 3.63) is 0 Å². The van der Waals surface area contributed by atoms with Crippen LogP contribution in [-0.2, 0) is 0 Å². The molecular weight excluding hydrogens is 224 g/mol. The molecule has 2 N–H and O–H groups in total. The number of hydrogen-bond donors (Lipinski definition) is 2. The number of aliphatic hydroxyl groups is 1. The maximum atomic E-state index is 9.14. The highest BCUT2D eigenvalue weighted by Gasteiger charge is 2.18. The molecule has 0 bridgehead atoms. The van der Waals surface area contributed by atoms with E-state index in [0.717, 1.165) is 25.4 Å². The highest BCUT2D eigenvalue weighted by molar-refractivity contribution is 4.75. The van der Waals surface area contributed by atoms with E-state index in [2.05, 4.69) is 24.1 Å². The van der Waals surface area contributed by atoms with Gasteiger partial charge in [0.15, 0.2) is 0 Å². The molecule has 1 aliphatic heterocycles. The molecule has 3 nitrogen and oxygen atoms in total. The standard InChI is InChI=1S/C15H32N2O/c1-3-9-16-15(8-12-18)13-17-10-5-6-14(4-2)7-11-17/h14-16,18H,3-13H2,1-2H3. The zero-order valence-electron chi connectivity index (χ0n) is 12.3. The van der Waals surface area contributed by atoms with Crippen LogP contribution in [0, 0.1) is 5.92 Å². The lowest BCUT2D eigenvalue weighted by atomic mass is 9.98. The van der Waals surface area contributed by atoms with Gasteiger partial charge in [-0.05, 0) is 57.7 Å². The first-order valence-electron chi connectivity index (χ1n) is 7.86. The molecule has 108 valence electrons. The lowest BCUT2D eigenvalue weighted by Crippen LogP contribution is -2.42. The number of aliphatic hydroxyl groups excluding tert-OH is 1. The van der Waals surface area contributed by atoms with Gasteiger partial charge in [-0.2, -0.15) is 0 Å². The molecule has 0 aliphatic carbocycles. The Labute approximate surface area is 113 Å². The van der Waals surface area contributed by atoms with Crippen LogP contribution in [0.5, 0.6) is 0 Å². The summed E-state index contributed by atoms with van der Waals surface area (Å²) in [5, 5.41) is 12.7. The lowest BCUT2D eigenvalue weighted by Gasteiger charge is -2.26. The predicted octanol–water partition coefficient (Wildman–Crippen LogP) is 2.25. The largest absolute Gasteiger partial charge is 0.396 e. The van der Waals surface area contributed by atoms with Gasteiger partial charge in [0.2, 0.25) is 0 Å². The van der Waals surface area contributed by atoms with Crippen molar-refractivity contribution in [1.82, 2.24) is 10.2 Å². The van der Waals surface area contributed by atoms with E-state index in [1.54, 1.807) is 0 Å². The second-order valence-electron chi connectivity index (χ2n) is 5.67. The molecule has 3 heteroatoms. The van der Waals surface area contributed by atoms with Gasteiger partial charge in [0.1, 0.15) is 0 Å². The van der Waals surface area contributed by atoms with E-state index in [1.165, 1.54) is 45.2 Å². The van der Waals surface area contributed by atoms with Gasteiger partial charge < -0.3 is 15.3 Å². The molecule has 2 atom stereocenters. The second kappa shape index (κ2) is 9.76. The summed E-state index contributed by atoms with van der Waals surface area (Å²) in [6, 6.07) is 0.466. The fourth-order valence-electron chi connectivity index (χ4n) is 2.89. The lowest BCUT2D eigenvalue weighted by molar-refractivity contribution is 0.210. The molecular formula is C15H32N2O. The average Bonchev–Trinajstić information content (AvgIpc) is 2.61. The molecule has 1 aliphatic rings. The second-order valence-corrected chi connectivity index (χ2v) is 5.67. The summed E-state index contributed by atoms with van der Waals surface area (Å²) in [6.07, 6.45) is 7.49. The summed E-state index contributed by atoms with van der Waals surface area (Å²) in [7, 11) is 0. The molecule has 1 heterocycles. The van der Waals surface area contributed by atoms with E-state index in [4.69, 9.17) is 5.11 Å². The zero-order valence-corrected chi connectivity index (χ0v) is 12.3. The average molecular weight is 256 g/mol. The third-order valence-electron chi connectivity index (χ3n) is 4.16. The Kier molecular flexibility index (Phi) is 8.64. The Morgan fingerprint density at radius 3 is 2.78 bits per heavy atom. The molecule has 2 unspecified atom stereocenters. The Balaban J connectivity index is 2.32. The van der Waals surface area contributed by atoms with Crippen molar-refractivity contribution in [3.8, 4) is 0 Å². The molecule has 0 radical (unpaired) electrons. The molecule has 0 saturated carbocycles. The zero-order chi connectivity index (χ0) is 13.2. The van der Waals surface area contributed by atoms with Crippen LogP contribution in [0.15, 0.2) is 0 Å². The van der Waals surface area contributed by atoms with Gasteiger partial charge in [-0.15, -0.1) is 0 Å². The van der Waals surface area contributed by atoms with Crippen molar-refractivity contribution in [2.75, 3.05) is 32.8 Å². The van der Waals surface area contributed by atoms with Gasteiger partial charge in [0.25, 0.3) is 0 Å². The molecule has 0 amide bonds. The monoisotopic (exact) mass is 256 g/mol. The third-order valence-corrected chi connectivity index (χ3v) is 4.16.